The van der Waals surface area contributed by atoms with Crippen LogP contribution in [0, 0.1) is 5.92 Å². The third kappa shape index (κ3) is 4.07. The molecule has 1 atom stereocenters. The van der Waals surface area contributed by atoms with E-state index in [4.69, 9.17) is 0 Å². The summed E-state index contributed by atoms with van der Waals surface area (Å²) in [6.45, 7) is 5.11. The average molecular weight is 340 g/mol. The minimum absolute atomic E-state index is 0.0488. The van der Waals surface area contributed by atoms with Crippen molar-refractivity contribution in [2.45, 2.75) is 39.3 Å². The number of nitrogens with zero attached hydrogens (tertiary/aromatic N) is 3. The van der Waals surface area contributed by atoms with Crippen LogP contribution in [0.4, 0.5) is 5.82 Å². The molecule has 0 spiro atoms. The van der Waals surface area contributed by atoms with Crippen LogP contribution in [0.3, 0.4) is 0 Å². The van der Waals surface area contributed by atoms with Gasteiger partial charge in [0.1, 0.15) is 5.82 Å². The lowest BCUT2D eigenvalue weighted by Gasteiger charge is -2.20. The number of benzene rings is 1. The molecule has 0 aliphatic carbocycles. The number of amides is 2. The molecule has 1 aromatic carbocycles. The van der Waals surface area contributed by atoms with E-state index in [0.29, 0.717) is 18.9 Å². The van der Waals surface area contributed by atoms with E-state index in [-0.39, 0.29) is 30.2 Å². The summed E-state index contributed by atoms with van der Waals surface area (Å²) in [4.78, 5) is 26.3. The maximum atomic E-state index is 12.5. The number of rotatable bonds is 6. The summed E-state index contributed by atoms with van der Waals surface area (Å²) in [6.07, 6.45) is 2.80. The van der Waals surface area contributed by atoms with Crippen molar-refractivity contribution in [2.75, 3.05) is 11.9 Å². The Bertz CT molecular complexity index is 739. The van der Waals surface area contributed by atoms with Gasteiger partial charge in [0.25, 0.3) is 0 Å². The minimum Gasteiger partial charge on any atom is -0.339 e. The van der Waals surface area contributed by atoms with Crippen LogP contribution in [0.2, 0.25) is 0 Å². The molecule has 2 amide bonds. The normalized spacial score (nSPS) is 17.3. The van der Waals surface area contributed by atoms with E-state index >= 15 is 0 Å². The van der Waals surface area contributed by atoms with E-state index < -0.39 is 0 Å². The second kappa shape index (κ2) is 7.51. The first-order valence-electron chi connectivity index (χ1n) is 8.70. The summed E-state index contributed by atoms with van der Waals surface area (Å²) < 4.78 is 1.79. The third-order valence-corrected chi connectivity index (χ3v) is 4.58. The van der Waals surface area contributed by atoms with E-state index in [2.05, 4.69) is 22.5 Å². The Morgan fingerprint density at radius 1 is 1.28 bits per heavy atom. The molecule has 1 saturated heterocycles. The Morgan fingerprint density at radius 3 is 2.72 bits per heavy atom. The quantitative estimate of drug-likeness (QED) is 0.877. The molecular formula is C19H24N4O2. The van der Waals surface area contributed by atoms with Gasteiger partial charge in [-0.1, -0.05) is 30.3 Å². The van der Waals surface area contributed by atoms with Crippen molar-refractivity contribution in [3.63, 3.8) is 0 Å². The van der Waals surface area contributed by atoms with E-state index in [9.17, 15) is 9.59 Å². The Morgan fingerprint density at radius 2 is 2.04 bits per heavy atom. The maximum Gasteiger partial charge on any atom is 0.230 e. The van der Waals surface area contributed by atoms with E-state index in [1.54, 1.807) is 21.8 Å². The van der Waals surface area contributed by atoms with Gasteiger partial charge in [-0.05, 0) is 25.8 Å². The highest BCUT2D eigenvalue weighted by Gasteiger charge is 2.35. The lowest BCUT2D eigenvalue weighted by Crippen LogP contribution is -2.33. The van der Waals surface area contributed by atoms with Gasteiger partial charge in [0.2, 0.25) is 11.8 Å². The molecule has 2 aromatic rings. The summed E-state index contributed by atoms with van der Waals surface area (Å²) in [6, 6.07) is 12.1. The SMILES string of the molecule is CC(C)N1CC(C(=O)Nc2ccnn2CCc2ccccc2)CC1=O. The summed E-state index contributed by atoms with van der Waals surface area (Å²) >= 11 is 0. The molecule has 1 N–H and O–H groups in total. The second-order valence-corrected chi connectivity index (χ2v) is 6.71. The molecule has 1 aliphatic rings. The van der Waals surface area contributed by atoms with Crippen LogP contribution >= 0.6 is 0 Å². The number of nitrogens with one attached hydrogen (secondary N) is 1. The number of carbonyl (C=O) groups excluding carboxylic acids is 2. The summed E-state index contributed by atoms with van der Waals surface area (Å²) in [7, 11) is 0. The molecule has 0 saturated carbocycles. The first kappa shape index (κ1) is 17.2. The predicted octanol–water partition coefficient (Wildman–Crippen LogP) is 2.32. The molecule has 132 valence electrons. The number of hydrogen-bond acceptors (Lipinski definition) is 3. The van der Waals surface area contributed by atoms with Gasteiger partial charge in [0, 0.05) is 31.6 Å². The molecule has 1 fully saturated rings. The monoisotopic (exact) mass is 340 g/mol. The number of anilines is 1. The number of aryl methyl sites for hydroxylation is 2. The van der Waals surface area contributed by atoms with Crippen molar-refractivity contribution in [1.82, 2.24) is 14.7 Å². The number of carbonyl (C=O) groups is 2. The molecular weight excluding hydrogens is 316 g/mol. The molecule has 6 heteroatoms. The van der Waals surface area contributed by atoms with Gasteiger partial charge in [-0.25, -0.2) is 4.68 Å². The van der Waals surface area contributed by atoms with Crippen LogP contribution in [-0.2, 0) is 22.6 Å². The highest BCUT2D eigenvalue weighted by atomic mass is 16.2. The first-order valence-corrected chi connectivity index (χ1v) is 8.70. The molecule has 2 heterocycles. The van der Waals surface area contributed by atoms with Gasteiger partial charge >= 0.3 is 0 Å². The fraction of sp³-hybridized carbons (Fsp3) is 0.421. The molecule has 25 heavy (non-hydrogen) atoms. The number of aromatic nitrogens is 2. The smallest absolute Gasteiger partial charge is 0.230 e. The Hall–Kier alpha value is -2.63. The number of hydrogen-bond donors (Lipinski definition) is 1. The standard InChI is InChI=1S/C19H24N4O2/c1-14(2)22-13-16(12-18(22)24)19(25)21-17-8-10-20-23(17)11-9-15-6-4-3-5-7-15/h3-8,10,14,16H,9,11-13H2,1-2H3,(H,21,25). The van der Waals surface area contributed by atoms with Gasteiger partial charge in [-0.2, -0.15) is 5.10 Å². The van der Waals surface area contributed by atoms with Crippen LogP contribution in [0.5, 0.6) is 0 Å². The van der Waals surface area contributed by atoms with Crippen molar-refractivity contribution in [2.24, 2.45) is 5.92 Å². The van der Waals surface area contributed by atoms with Crippen molar-refractivity contribution in [3.8, 4) is 0 Å². The van der Waals surface area contributed by atoms with Gasteiger partial charge in [-0.15, -0.1) is 0 Å². The van der Waals surface area contributed by atoms with E-state index in [0.717, 1.165) is 6.42 Å². The third-order valence-electron chi connectivity index (χ3n) is 4.58. The van der Waals surface area contributed by atoms with Crippen molar-refractivity contribution >= 4 is 17.6 Å². The fourth-order valence-electron chi connectivity index (χ4n) is 3.13. The molecule has 6 nitrogen and oxygen atoms in total. The molecule has 0 radical (unpaired) electrons. The van der Waals surface area contributed by atoms with Gasteiger partial charge < -0.3 is 10.2 Å². The van der Waals surface area contributed by atoms with E-state index in [1.165, 1.54) is 5.56 Å². The van der Waals surface area contributed by atoms with Crippen LogP contribution in [-0.4, -0.2) is 39.1 Å². The van der Waals surface area contributed by atoms with Gasteiger partial charge in [0.05, 0.1) is 12.1 Å². The molecule has 3 rings (SSSR count). The number of likely N-dealkylation sites (tertiary alicyclic amines) is 1. The zero-order valence-electron chi connectivity index (χ0n) is 14.7. The minimum atomic E-state index is -0.299. The lowest BCUT2D eigenvalue weighted by molar-refractivity contribution is -0.129. The summed E-state index contributed by atoms with van der Waals surface area (Å²) in [5.41, 5.74) is 1.23. The predicted molar refractivity (Wildman–Crippen MR) is 96.0 cm³/mol. The van der Waals surface area contributed by atoms with E-state index in [1.807, 2.05) is 32.0 Å². The second-order valence-electron chi connectivity index (χ2n) is 6.71. The topological polar surface area (TPSA) is 67.2 Å². The Kier molecular flexibility index (Phi) is 5.16. The summed E-state index contributed by atoms with van der Waals surface area (Å²) in [5, 5.41) is 7.23. The van der Waals surface area contributed by atoms with Crippen molar-refractivity contribution in [1.29, 1.82) is 0 Å². The lowest BCUT2D eigenvalue weighted by atomic mass is 10.1. The van der Waals surface area contributed by atoms with Crippen LogP contribution in [0.15, 0.2) is 42.6 Å². The van der Waals surface area contributed by atoms with Crippen molar-refractivity contribution < 1.29 is 9.59 Å². The molecule has 1 unspecified atom stereocenters. The highest BCUT2D eigenvalue weighted by Crippen LogP contribution is 2.22. The highest BCUT2D eigenvalue weighted by molar-refractivity contribution is 5.96. The maximum absolute atomic E-state index is 12.5. The van der Waals surface area contributed by atoms with Crippen LogP contribution in [0.1, 0.15) is 25.8 Å². The molecule has 0 bridgehead atoms. The van der Waals surface area contributed by atoms with Gasteiger partial charge in [0.15, 0.2) is 0 Å². The van der Waals surface area contributed by atoms with Crippen LogP contribution < -0.4 is 5.32 Å². The van der Waals surface area contributed by atoms with Crippen LogP contribution in [0.25, 0.3) is 0 Å². The fourth-order valence-corrected chi connectivity index (χ4v) is 3.13. The zero-order valence-corrected chi connectivity index (χ0v) is 14.7. The Labute approximate surface area is 147 Å². The average Bonchev–Trinajstić information content (AvgIpc) is 3.20. The zero-order chi connectivity index (χ0) is 17.8. The van der Waals surface area contributed by atoms with Gasteiger partial charge in [-0.3, -0.25) is 9.59 Å². The molecule has 1 aromatic heterocycles. The largest absolute Gasteiger partial charge is 0.339 e. The molecule has 1 aliphatic heterocycles. The Balaban J connectivity index is 1.59. The summed E-state index contributed by atoms with van der Waals surface area (Å²) in [5.74, 6) is 0.314. The first-order chi connectivity index (χ1) is 12.0. The van der Waals surface area contributed by atoms with Crippen molar-refractivity contribution in [3.05, 3.63) is 48.2 Å².